The molecule has 0 aromatic heterocycles. The molecule has 0 spiro atoms. The van der Waals surface area contributed by atoms with Crippen LogP contribution in [0, 0.1) is 17.1 Å². The average Bonchev–Trinajstić information content (AvgIpc) is 2.74. The van der Waals surface area contributed by atoms with E-state index in [1.54, 1.807) is 27.3 Å². The number of fused-ring (bicyclic) bond motifs is 1. The Morgan fingerprint density at radius 1 is 1.21 bits per heavy atom. The molecule has 1 N–H and O–H groups in total. The topological polar surface area (TPSA) is 69.9 Å². The van der Waals surface area contributed by atoms with Crippen molar-refractivity contribution in [3.63, 3.8) is 0 Å². The molecule has 0 amide bonds. The van der Waals surface area contributed by atoms with E-state index in [0.29, 0.717) is 29.4 Å². The highest BCUT2D eigenvalue weighted by molar-refractivity contribution is 5.80. The van der Waals surface area contributed by atoms with Crippen LogP contribution in [0.25, 0.3) is 0 Å². The van der Waals surface area contributed by atoms with Gasteiger partial charge < -0.3 is 19.7 Å². The van der Waals surface area contributed by atoms with Gasteiger partial charge in [0.25, 0.3) is 0 Å². The fourth-order valence-corrected chi connectivity index (χ4v) is 3.35. The van der Waals surface area contributed by atoms with Gasteiger partial charge in [-0.3, -0.25) is 4.99 Å². The summed E-state index contributed by atoms with van der Waals surface area (Å²) in [6.45, 7) is 1.70. The zero-order chi connectivity index (χ0) is 20.1. The summed E-state index contributed by atoms with van der Waals surface area (Å²) in [7, 11) is 4.95. The summed E-state index contributed by atoms with van der Waals surface area (Å²) in [5.74, 6) is 1.76. The van der Waals surface area contributed by atoms with E-state index in [9.17, 15) is 4.39 Å². The van der Waals surface area contributed by atoms with Crippen LogP contribution in [0.1, 0.15) is 22.3 Å². The first-order valence-electron chi connectivity index (χ1n) is 8.97. The van der Waals surface area contributed by atoms with Crippen LogP contribution >= 0.6 is 0 Å². The van der Waals surface area contributed by atoms with Gasteiger partial charge in [0.1, 0.15) is 5.82 Å². The third-order valence-electron chi connectivity index (χ3n) is 4.84. The van der Waals surface area contributed by atoms with Gasteiger partial charge in [-0.25, -0.2) is 4.39 Å². The lowest BCUT2D eigenvalue weighted by molar-refractivity contribution is 0.346. The van der Waals surface area contributed by atoms with Gasteiger partial charge in [0.05, 0.1) is 25.9 Å². The van der Waals surface area contributed by atoms with E-state index in [4.69, 9.17) is 14.7 Å². The number of hydrogen-bond donors (Lipinski definition) is 1. The summed E-state index contributed by atoms with van der Waals surface area (Å²) < 4.78 is 24.8. The Morgan fingerprint density at radius 3 is 2.57 bits per heavy atom. The Bertz CT molecular complexity index is 937. The molecule has 0 bridgehead atoms. The Morgan fingerprint density at radius 2 is 1.93 bits per heavy atom. The zero-order valence-corrected chi connectivity index (χ0v) is 16.3. The number of ether oxygens (including phenoxy) is 2. The standard InChI is InChI=1S/C21H23FN4O2/c1-24-21(25-12-16-8-14(11-23)4-5-18(16)22)26-7-6-15-9-19(27-2)20(28-3)10-17(15)13-26/h4-5,8-10H,6-7,12-13H2,1-3H3,(H,24,25). The van der Waals surface area contributed by atoms with E-state index in [1.807, 2.05) is 18.2 Å². The van der Waals surface area contributed by atoms with Crippen molar-refractivity contribution in [2.75, 3.05) is 27.8 Å². The predicted molar refractivity (Wildman–Crippen MR) is 105 cm³/mol. The van der Waals surface area contributed by atoms with E-state index in [1.165, 1.54) is 17.7 Å². The molecule has 0 atom stereocenters. The van der Waals surface area contributed by atoms with Crippen LogP contribution in [0.15, 0.2) is 35.3 Å². The number of nitriles is 1. The minimum atomic E-state index is -0.345. The molecule has 0 radical (unpaired) electrons. The van der Waals surface area contributed by atoms with Gasteiger partial charge in [0, 0.05) is 32.2 Å². The molecule has 3 rings (SSSR count). The summed E-state index contributed by atoms with van der Waals surface area (Å²) in [5, 5.41) is 12.2. The monoisotopic (exact) mass is 382 g/mol. The minimum absolute atomic E-state index is 0.253. The van der Waals surface area contributed by atoms with Gasteiger partial charge in [0.15, 0.2) is 17.5 Å². The lowest BCUT2D eigenvalue weighted by Crippen LogP contribution is -2.43. The fourth-order valence-electron chi connectivity index (χ4n) is 3.35. The van der Waals surface area contributed by atoms with Crippen LogP contribution < -0.4 is 14.8 Å². The summed E-state index contributed by atoms with van der Waals surface area (Å²) in [6.07, 6.45) is 0.842. The molecular weight excluding hydrogens is 359 g/mol. The number of nitrogens with zero attached hydrogens (tertiary/aromatic N) is 3. The first-order chi connectivity index (χ1) is 13.6. The summed E-state index contributed by atoms with van der Waals surface area (Å²) >= 11 is 0. The lowest BCUT2D eigenvalue weighted by atomic mass is 9.99. The fraction of sp³-hybridized carbons (Fsp3) is 0.333. The highest BCUT2D eigenvalue weighted by atomic mass is 19.1. The second-order valence-corrected chi connectivity index (χ2v) is 6.47. The van der Waals surface area contributed by atoms with Crippen LogP contribution in [0.2, 0.25) is 0 Å². The van der Waals surface area contributed by atoms with Crippen LogP contribution in [-0.2, 0) is 19.5 Å². The van der Waals surface area contributed by atoms with Crippen molar-refractivity contribution in [3.8, 4) is 17.6 Å². The molecule has 28 heavy (non-hydrogen) atoms. The van der Waals surface area contributed by atoms with E-state index < -0.39 is 0 Å². The van der Waals surface area contributed by atoms with Crippen molar-refractivity contribution in [1.29, 1.82) is 5.26 Å². The summed E-state index contributed by atoms with van der Waals surface area (Å²) in [5.41, 5.74) is 3.23. The van der Waals surface area contributed by atoms with Crippen molar-refractivity contribution >= 4 is 5.96 Å². The first-order valence-corrected chi connectivity index (χ1v) is 8.97. The van der Waals surface area contributed by atoms with Crippen molar-refractivity contribution in [1.82, 2.24) is 10.2 Å². The van der Waals surface area contributed by atoms with E-state index in [-0.39, 0.29) is 12.4 Å². The molecule has 2 aromatic rings. The highest BCUT2D eigenvalue weighted by Gasteiger charge is 2.21. The summed E-state index contributed by atoms with van der Waals surface area (Å²) in [6, 6.07) is 10.4. The maximum absolute atomic E-state index is 14.0. The van der Waals surface area contributed by atoms with E-state index in [2.05, 4.69) is 15.2 Å². The molecular formula is C21H23FN4O2. The summed E-state index contributed by atoms with van der Waals surface area (Å²) in [4.78, 5) is 6.45. The molecule has 6 nitrogen and oxygen atoms in total. The van der Waals surface area contributed by atoms with Gasteiger partial charge in [-0.1, -0.05) is 0 Å². The molecule has 1 aliphatic rings. The minimum Gasteiger partial charge on any atom is -0.493 e. The number of benzene rings is 2. The van der Waals surface area contributed by atoms with Crippen LogP contribution in [0.5, 0.6) is 11.5 Å². The SMILES string of the molecule is CN=C(NCc1cc(C#N)ccc1F)N1CCc2cc(OC)c(OC)cc2C1. The van der Waals surface area contributed by atoms with E-state index >= 15 is 0 Å². The second-order valence-electron chi connectivity index (χ2n) is 6.47. The molecule has 1 aliphatic heterocycles. The third-order valence-corrected chi connectivity index (χ3v) is 4.84. The van der Waals surface area contributed by atoms with Gasteiger partial charge in [-0.2, -0.15) is 5.26 Å². The smallest absolute Gasteiger partial charge is 0.194 e. The normalized spacial score (nSPS) is 13.5. The van der Waals surface area contributed by atoms with Crippen LogP contribution in [-0.4, -0.2) is 38.7 Å². The molecule has 7 heteroatoms. The quantitative estimate of drug-likeness (QED) is 0.650. The predicted octanol–water partition coefficient (Wildman–Crippen LogP) is 2.85. The number of methoxy groups -OCH3 is 2. The van der Waals surface area contributed by atoms with Crippen molar-refractivity contribution in [2.24, 2.45) is 4.99 Å². The Labute approximate surface area is 164 Å². The largest absolute Gasteiger partial charge is 0.493 e. The second kappa shape index (κ2) is 8.61. The molecule has 0 saturated carbocycles. The number of hydrogen-bond acceptors (Lipinski definition) is 4. The number of nitrogens with one attached hydrogen (secondary N) is 1. The number of rotatable bonds is 4. The lowest BCUT2D eigenvalue weighted by Gasteiger charge is -2.32. The van der Waals surface area contributed by atoms with Crippen molar-refractivity contribution in [2.45, 2.75) is 19.5 Å². The molecule has 0 saturated heterocycles. The molecule has 0 fully saturated rings. The van der Waals surface area contributed by atoms with E-state index in [0.717, 1.165) is 24.3 Å². The van der Waals surface area contributed by atoms with Crippen molar-refractivity contribution in [3.05, 3.63) is 58.4 Å². The Kier molecular flexibility index (Phi) is 5.99. The molecule has 2 aromatic carbocycles. The zero-order valence-electron chi connectivity index (χ0n) is 16.3. The Hall–Kier alpha value is -3.27. The number of halogens is 1. The third kappa shape index (κ3) is 4.01. The van der Waals surface area contributed by atoms with Crippen LogP contribution in [0.4, 0.5) is 4.39 Å². The number of aliphatic imine (C=N–C) groups is 1. The van der Waals surface area contributed by atoms with Gasteiger partial charge in [-0.15, -0.1) is 0 Å². The Balaban J connectivity index is 1.74. The molecule has 146 valence electrons. The molecule has 0 unspecified atom stereocenters. The average molecular weight is 382 g/mol. The van der Waals surface area contributed by atoms with Crippen LogP contribution in [0.3, 0.4) is 0 Å². The molecule has 1 heterocycles. The van der Waals surface area contributed by atoms with Crippen molar-refractivity contribution < 1.29 is 13.9 Å². The van der Waals surface area contributed by atoms with Gasteiger partial charge in [-0.05, 0) is 47.9 Å². The maximum Gasteiger partial charge on any atom is 0.194 e. The van der Waals surface area contributed by atoms with Gasteiger partial charge >= 0.3 is 0 Å². The van der Waals surface area contributed by atoms with Gasteiger partial charge in [0.2, 0.25) is 0 Å². The molecule has 0 aliphatic carbocycles. The first kappa shape index (κ1) is 19.5. The maximum atomic E-state index is 14.0. The highest BCUT2D eigenvalue weighted by Crippen LogP contribution is 2.33. The number of guanidine groups is 1.